The summed E-state index contributed by atoms with van der Waals surface area (Å²) in [6.07, 6.45) is 5.57. The van der Waals surface area contributed by atoms with Crippen molar-refractivity contribution in [2.45, 2.75) is 12.8 Å². The second-order valence-electron chi connectivity index (χ2n) is 6.63. The van der Waals surface area contributed by atoms with Gasteiger partial charge in [-0.05, 0) is 55.3 Å². The first-order valence-corrected chi connectivity index (χ1v) is 9.22. The van der Waals surface area contributed by atoms with Gasteiger partial charge in [-0.1, -0.05) is 0 Å². The van der Waals surface area contributed by atoms with Crippen molar-refractivity contribution >= 4 is 34.3 Å². The fraction of sp³-hybridized carbons (Fsp3) is 0.238. The molecule has 1 aliphatic rings. The zero-order valence-corrected chi connectivity index (χ0v) is 15.3. The van der Waals surface area contributed by atoms with Gasteiger partial charge in [0.2, 0.25) is 0 Å². The lowest BCUT2D eigenvalue weighted by molar-refractivity contribution is -0.119. The third kappa shape index (κ3) is 4.09. The molecule has 0 saturated carbocycles. The molecular weight excluding hydrogens is 356 g/mol. The molecule has 0 spiro atoms. The molecule has 1 aliphatic heterocycles. The van der Waals surface area contributed by atoms with Crippen LogP contribution in [-0.2, 0) is 9.53 Å². The first-order valence-electron chi connectivity index (χ1n) is 9.22. The number of nitrogens with one attached hydrogen (secondary N) is 1. The van der Waals surface area contributed by atoms with E-state index in [2.05, 4.69) is 20.2 Å². The minimum atomic E-state index is -0.577. The van der Waals surface area contributed by atoms with Crippen LogP contribution in [0.5, 0.6) is 0 Å². The summed E-state index contributed by atoms with van der Waals surface area (Å²) in [6.45, 7) is 1.79. The van der Waals surface area contributed by atoms with Crippen molar-refractivity contribution < 1.29 is 14.3 Å². The highest BCUT2D eigenvalue weighted by atomic mass is 16.5. The van der Waals surface area contributed by atoms with Gasteiger partial charge in [-0.15, -0.1) is 0 Å². The average molecular weight is 376 g/mol. The number of hydrogen-bond donors (Lipinski definition) is 1. The Balaban J connectivity index is 1.31. The Bertz CT molecular complexity index is 998. The zero-order valence-electron chi connectivity index (χ0n) is 15.3. The summed E-state index contributed by atoms with van der Waals surface area (Å²) in [5.74, 6) is -0.963. The van der Waals surface area contributed by atoms with Crippen molar-refractivity contribution in [2.75, 3.05) is 29.9 Å². The number of carbonyl (C=O) groups is 2. The number of anilines is 2. The summed E-state index contributed by atoms with van der Waals surface area (Å²) >= 11 is 0. The lowest BCUT2D eigenvalue weighted by Crippen LogP contribution is -2.21. The highest BCUT2D eigenvalue weighted by Crippen LogP contribution is 2.22. The maximum Gasteiger partial charge on any atom is 0.338 e. The molecule has 1 fully saturated rings. The van der Waals surface area contributed by atoms with Crippen molar-refractivity contribution in [3.05, 3.63) is 60.4 Å². The third-order valence-corrected chi connectivity index (χ3v) is 4.66. The van der Waals surface area contributed by atoms with E-state index in [1.807, 2.05) is 24.3 Å². The summed E-state index contributed by atoms with van der Waals surface area (Å²) in [7, 11) is 0. The van der Waals surface area contributed by atoms with Crippen molar-refractivity contribution in [3.8, 4) is 0 Å². The first-order chi connectivity index (χ1) is 13.7. The lowest BCUT2D eigenvalue weighted by atomic mass is 10.2. The van der Waals surface area contributed by atoms with E-state index in [4.69, 9.17) is 4.74 Å². The highest BCUT2D eigenvalue weighted by Gasteiger charge is 2.13. The summed E-state index contributed by atoms with van der Waals surface area (Å²) in [4.78, 5) is 34.9. The van der Waals surface area contributed by atoms with Crippen LogP contribution in [-0.4, -0.2) is 41.5 Å². The Hall–Kier alpha value is -3.48. The van der Waals surface area contributed by atoms with Crippen LogP contribution in [0.3, 0.4) is 0 Å². The number of ether oxygens (including phenoxy) is 1. The molecule has 2 heterocycles. The number of rotatable bonds is 5. The van der Waals surface area contributed by atoms with E-state index in [-0.39, 0.29) is 12.5 Å². The fourth-order valence-corrected chi connectivity index (χ4v) is 3.23. The van der Waals surface area contributed by atoms with Crippen LogP contribution in [0.2, 0.25) is 0 Å². The Labute approximate surface area is 162 Å². The number of carbonyl (C=O) groups excluding carboxylic acids is 2. The Morgan fingerprint density at radius 3 is 2.43 bits per heavy atom. The minimum Gasteiger partial charge on any atom is -0.452 e. The van der Waals surface area contributed by atoms with Crippen LogP contribution < -0.4 is 10.2 Å². The lowest BCUT2D eigenvalue weighted by Gasteiger charge is -2.17. The average Bonchev–Trinajstić information content (AvgIpc) is 3.27. The van der Waals surface area contributed by atoms with Crippen LogP contribution in [0.1, 0.15) is 23.2 Å². The number of benzene rings is 2. The molecular formula is C21H20N4O3. The van der Waals surface area contributed by atoms with E-state index in [0.29, 0.717) is 22.3 Å². The molecule has 0 aliphatic carbocycles. The van der Waals surface area contributed by atoms with Gasteiger partial charge in [0.25, 0.3) is 5.91 Å². The summed E-state index contributed by atoms with van der Waals surface area (Å²) in [5, 5.41) is 2.74. The third-order valence-electron chi connectivity index (χ3n) is 4.66. The van der Waals surface area contributed by atoms with Gasteiger partial charge in [-0.3, -0.25) is 14.8 Å². The molecule has 2 aromatic carbocycles. The summed E-state index contributed by atoms with van der Waals surface area (Å²) < 4.78 is 5.11. The smallest absolute Gasteiger partial charge is 0.338 e. The van der Waals surface area contributed by atoms with Gasteiger partial charge in [0, 0.05) is 36.9 Å². The SMILES string of the molecule is O=C(COC(=O)c1ccc2nccnc2c1)Nc1ccc(N2CCCC2)cc1. The van der Waals surface area contributed by atoms with Crippen molar-refractivity contribution in [1.82, 2.24) is 9.97 Å². The molecule has 3 aromatic rings. The molecule has 1 aromatic heterocycles. The first kappa shape index (κ1) is 17.9. The van der Waals surface area contributed by atoms with E-state index in [1.54, 1.807) is 30.6 Å². The fourth-order valence-electron chi connectivity index (χ4n) is 3.23. The molecule has 28 heavy (non-hydrogen) atoms. The molecule has 4 rings (SSSR count). The maximum absolute atomic E-state index is 12.2. The summed E-state index contributed by atoms with van der Waals surface area (Å²) in [5.41, 5.74) is 3.44. The normalized spacial score (nSPS) is 13.5. The monoisotopic (exact) mass is 376 g/mol. The number of aromatic nitrogens is 2. The Morgan fingerprint density at radius 2 is 1.68 bits per heavy atom. The minimum absolute atomic E-state index is 0.329. The van der Waals surface area contributed by atoms with Crippen LogP contribution in [0.4, 0.5) is 11.4 Å². The van der Waals surface area contributed by atoms with Crippen molar-refractivity contribution in [3.63, 3.8) is 0 Å². The van der Waals surface area contributed by atoms with Crippen LogP contribution >= 0.6 is 0 Å². The van der Waals surface area contributed by atoms with Gasteiger partial charge in [-0.2, -0.15) is 0 Å². The standard InChI is InChI=1S/C21H20N4O3/c26-20(24-16-4-6-17(7-5-16)25-11-1-2-12-25)14-28-21(27)15-3-8-18-19(13-15)23-10-9-22-18/h3-10,13H,1-2,11-12,14H2,(H,24,26). The molecule has 0 radical (unpaired) electrons. The van der Waals surface area contributed by atoms with Gasteiger partial charge in [-0.25, -0.2) is 4.79 Å². The van der Waals surface area contributed by atoms with E-state index in [9.17, 15) is 9.59 Å². The second kappa shape index (κ2) is 8.04. The predicted molar refractivity (Wildman–Crippen MR) is 106 cm³/mol. The van der Waals surface area contributed by atoms with Crippen LogP contribution in [0, 0.1) is 0 Å². The van der Waals surface area contributed by atoms with E-state index < -0.39 is 5.97 Å². The van der Waals surface area contributed by atoms with Crippen molar-refractivity contribution in [1.29, 1.82) is 0 Å². The number of amides is 1. The molecule has 7 nitrogen and oxygen atoms in total. The van der Waals surface area contributed by atoms with E-state index >= 15 is 0 Å². The number of nitrogens with zero attached hydrogens (tertiary/aromatic N) is 3. The van der Waals surface area contributed by atoms with E-state index in [1.165, 1.54) is 12.8 Å². The molecule has 1 saturated heterocycles. The van der Waals surface area contributed by atoms with Gasteiger partial charge in [0.15, 0.2) is 6.61 Å². The quantitative estimate of drug-likeness (QED) is 0.689. The zero-order chi connectivity index (χ0) is 19.3. The van der Waals surface area contributed by atoms with Gasteiger partial charge in [0.1, 0.15) is 0 Å². The highest BCUT2D eigenvalue weighted by molar-refractivity contribution is 5.97. The molecule has 142 valence electrons. The van der Waals surface area contributed by atoms with Crippen LogP contribution in [0.25, 0.3) is 11.0 Å². The van der Waals surface area contributed by atoms with Gasteiger partial charge >= 0.3 is 5.97 Å². The number of fused-ring (bicyclic) bond motifs is 1. The van der Waals surface area contributed by atoms with Gasteiger partial charge in [0.05, 0.1) is 16.6 Å². The second-order valence-corrected chi connectivity index (χ2v) is 6.63. The number of esters is 1. The molecule has 0 unspecified atom stereocenters. The predicted octanol–water partition coefficient (Wildman–Crippen LogP) is 3.03. The van der Waals surface area contributed by atoms with Gasteiger partial charge < -0.3 is 15.0 Å². The molecule has 0 atom stereocenters. The molecule has 7 heteroatoms. The number of hydrogen-bond acceptors (Lipinski definition) is 6. The van der Waals surface area contributed by atoms with E-state index in [0.717, 1.165) is 18.8 Å². The summed E-state index contributed by atoms with van der Waals surface area (Å²) in [6, 6.07) is 12.6. The molecule has 0 bridgehead atoms. The molecule has 1 N–H and O–H groups in total. The Morgan fingerprint density at radius 1 is 0.964 bits per heavy atom. The largest absolute Gasteiger partial charge is 0.452 e. The molecule has 1 amide bonds. The Kier molecular flexibility index (Phi) is 5.14. The van der Waals surface area contributed by atoms with Crippen molar-refractivity contribution in [2.24, 2.45) is 0 Å². The maximum atomic E-state index is 12.2. The van der Waals surface area contributed by atoms with Crippen LogP contribution in [0.15, 0.2) is 54.9 Å². The topological polar surface area (TPSA) is 84.4 Å².